The summed E-state index contributed by atoms with van der Waals surface area (Å²) in [5.41, 5.74) is 2.91. The topological polar surface area (TPSA) is 105 Å². The van der Waals surface area contributed by atoms with Crippen LogP contribution in [0.3, 0.4) is 0 Å². The molecule has 3 atom stereocenters. The molecule has 1 heterocycles. The number of hydrogen-bond acceptors (Lipinski definition) is 5. The van der Waals surface area contributed by atoms with Gasteiger partial charge in [0, 0.05) is 37.2 Å². The molecule has 0 bridgehead atoms. The van der Waals surface area contributed by atoms with E-state index in [1.54, 1.807) is 31.0 Å². The Kier molecular flexibility index (Phi) is 6.44. The summed E-state index contributed by atoms with van der Waals surface area (Å²) in [6.45, 7) is 3.04. The fourth-order valence-corrected chi connectivity index (χ4v) is 4.26. The highest BCUT2D eigenvalue weighted by atomic mass is 16.3. The molecule has 0 spiro atoms. The summed E-state index contributed by atoms with van der Waals surface area (Å²) in [7, 11) is 1.80. The number of hydrogen-bond donors (Lipinski definition) is 2. The average molecular weight is 449 g/mol. The number of rotatable bonds is 6. The molecule has 0 saturated heterocycles. The quantitative estimate of drug-likeness (QED) is 0.603. The van der Waals surface area contributed by atoms with E-state index in [0.29, 0.717) is 17.9 Å². The van der Waals surface area contributed by atoms with Gasteiger partial charge in [0.15, 0.2) is 5.58 Å². The molecule has 2 aromatic carbocycles. The van der Waals surface area contributed by atoms with Crippen LogP contribution in [0.25, 0.3) is 22.6 Å². The maximum absolute atomic E-state index is 13.0. The van der Waals surface area contributed by atoms with E-state index in [-0.39, 0.29) is 29.8 Å². The Hall–Kier alpha value is -3.68. The molecule has 1 aromatic heterocycles. The van der Waals surface area contributed by atoms with Gasteiger partial charge in [0.1, 0.15) is 11.6 Å². The van der Waals surface area contributed by atoms with Crippen molar-refractivity contribution in [2.24, 2.45) is 0 Å². The van der Waals surface area contributed by atoms with Crippen LogP contribution in [0.5, 0.6) is 0 Å². The van der Waals surface area contributed by atoms with Crippen LogP contribution >= 0.6 is 0 Å². The van der Waals surface area contributed by atoms with Gasteiger partial charge >= 0.3 is 0 Å². The normalized spacial score (nSPS) is 18.6. The minimum absolute atomic E-state index is 0.0181. The van der Waals surface area contributed by atoms with Gasteiger partial charge in [-0.1, -0.05) is 12.1 Å². The first kappa shape index (κ1) is 22.5. The van der Waals surface area contributed by atoms with E-state index >= 15 is 0 Å². The lowest BCUT2D eigenvalue weighted by Crippen LogP contribution is -2.47. The second-order valence-electron chi connectivity index (χ2n) is 8.57. The summed E-state index contributed by atoms with van der Waals surface area (Å²) in [5, 5.41) is 5.56. The first-order valence-corrected chi connectivity index (χ1v) is 11.1. The van der Waals surface area contributed by atoms with Gasteiger partial charge < -0.3 is 20.0 Å². The van der Waals surface area contributed by atoms with E-state index in [9.17, 15) is 14.4 Å². The van der Waals surface area contributed by atoms with Crippen molar-refractivity contribution in [3.8, 4) is 11.5 Å². The molecule has 1 saturated carbocycles. The van der Waals surface area contributed by atoms with E-state index in [4.69, 9.17) is 4.42 Å². The molecule has 1 unspecified atom stereocenters. The Morgan fingerprint density at radius 1 is 1.09 bits per heavy atom. The number of nitrogens with one attached hydrogen (secondary N) is 2. The highest BCUT2D eigenvalue weighted by Gasteiger charge is 2.32. The zero-order chi connectivity index (χ0) is 23.5. The molecule has 4 rings (SSSR count). The van der Waals surface area contributed by atoms with Crippen LogP contribution in [0.4, 0.5) is 0 Å². The molecule has 0 radical (unpaired) electrons. The zero-order valence-electron chi connectivity index (χ0n) is 19.0. The van der Waals surface area contributed by atoms with E-state index in [1.807, 2.05) is 36.4 Å². The number of carbonyl (C=O) groups excluding carboxylic acids is 3. The third-order valence-electron chi connectivity index (χ3n) is 6.11. The molecule has 33 heavy (non-hydrogen) atoms. The van der Waals surface area contributed by atoms with Crippen LogP contribution in [0.1, 0.15) is 43.5 Å². The Morgan fingerprint density at radius 2 is 1.82 bits per heavy atom. The van der Waals surface area contributed by atoms with E-state index in [1.165, 1.54) is 6.92 Å². The van der Waals surface area contributed by atoms with E-state index in [2.05, 4.69) is 15.6 Å². The SMILES string of the molecule is CC(=O)NC(C)C(=O)N[C@H]1CC[C@@H](N(C)C(=O)c2ccc(-c3nc4ccccc4o3)cc2)C1. The molecule has 1 aliphatic carbocycles. The molecule has 8 nitrogen and oxygen atoms in total. The lowest BCUT2D eigenvalue weighted by atomic mass is 10.1. The summed E-state index contributed by atoms with van der Waals surface area (Å²) in [6, 6.07) is 14.3. The third-order valence-corrected chi connectivity index (χ3v) is 6.11. The number of para-hydroxylation sites is 2. The molecule has 3 amide bonds. The standard InChI is InChI=1S/C25H28N4O4/c1-15(26-16(2)30)23(31)27-19-12-13-20(14-19)29(3)25(32)18-10-8-17(9-11-18)24-28-21-6-4-5-7-22(21)33-24/h4-11,15,19-20H,12-14H2,1-3H3,(H,26,30)(H,27,31)/t15?,19-,20+/m0/s1. The smallest absolute Gasteiger partial charge is 0.253 e. The third kappa shape index (κ3) is 5.05. The van der Waals surface area contributed by atoms with Crippen molar-refractivity contribution < 1.29 is 18.8 Å². The molecule has 0 aliphatic heterocycles. The zero-order valence-corrected chi connectivity index (χ0v) is 19.0. The van der Waals surface area contributed by atoms with Gasteiger partial charge in [-0.25, -0.2) is 4.98 Å². The highest BCUT2D eigenvalue weighted by molar-refractivity contribution is 5.94. The summed E-state index contributed by atoms with van der Waals surface area (Å²) in [6.07, 6.45) is 2.28. The van der Waals surface area contributed by atoms with Gasteiger partial charge in [-0.2, -0.15) is 0 Å². The molecule has 3 aromatic rings. The lowest BCUT2D eigenvalue weighted by Gasteiger charge is -2.25. The minimum Gasteiger partial charge on any atom is -0.436 e. The second-order valence-corrected chi connectivity index (χ2v) is 8.57. The van der Waals surface area contributed by atoms with Crippen molar-refractivity contribution in [3.05, 3.63) is 54.1 Å². The van der Waals surface area contributed by atoms with Gasteiger partial charge in [0.05, 0.1) is 0 Å². The van der Waals surface area contributed by atoms with Crippen molar-refractivity contribution in [2.75, 3.05) is 7.05 Å². The lowest BCUT2D eigenvalue weighted by molar-refractivity contribution is -0.128. The van der Waals surface area contributed by atoms with Crippen LogP contribution in [0, 0.1) is 0 Å². The number of aromatic nitrogens is 1. The fraction of sp³-hybridized carbons (Fsp3) is 0.360. The van der Waals surface area contributed by atoms with Crippen LogP contribution in [0.15, 0.2) is 52.9 Å². The predicted molar refractivity (Wildman–Crippen MR) is 124 cm³/mol. The maximum atomic E-state index is 13.0. The molecule has 2 N–H and O–H groups in total. The van der Waals surface area contributed by atoms with Gasteiger partial charge in [0.2, 0.25) is 17.7 Å². The Bertz CT molecular complexity index is 1140. The summed E-state index contributed by atoms with van der Waals surface area (Å²) in [5.74, 6) is 0.00291. The summed E-state index contributed by atoms with van der Waals surface area (Å²) >= 11 is 0. The number of oxazole rings is 1. The number of amides is 3. The van der Waals surface area contributed by atoms with Crippen LogP contribution in [0.2, 0.25) is 0 Å². The van der Waals surface area contributed by atoms with Crippen molar-refractivity contribution >= 4 is 28.8 Å². The molecule has 1 aliphatic rings. The number of nitrogens with zero attached hydrogens (tertiary/aromatic N) is 2. The summed E-state index contributed by atoms with van der Waals surface area (Å²) < 4.78 is 5.80. The second kappa shape index (κ2) is 9.44. The molecular formula is C25H28N4O4. The van der Waals surface area contributed by atoms with Crippen molar-refractivity contribution in [1.29, 1.82) is 0 Å². The van der Waals surface area contributed by atoms with Crippen LogP contribution in [-0.4, -0.2) is 52.8 Å². The summed E-state index contributed by atoms with van der Waals surface area (Å²) in [4.78, 5) is 42.7. The van der Waals surface area contributed by atoms with Gasteiger partial charge in [-0.05, 0) is 62.6 Å². The van der Waals surface area contributed by atoms with E-state index < -0.39 is 6.04 Å². The van der Waals surface area contributed by atoms with E-state index in [0.717, 1.165) is 29.5 Å². The van der Waals surface area contributed by atoms with Gasteiger partial charge in [-0.15, -0.1) is 0 Å². The number of fused-ring (bicyclic) bond motifs is 1. The predicted octanol–water partition coefficient (Wildman–Crippen LogP) is 3.13. The molecular weight excluding hydrogens is 420 g/mol. The largest absolute Gasteiger partial charge is 0.436 e. The van der Waals surface area contributed by atoms with Gasteiger partial charge in [-0.3, -0.25) is 14.4 Å². The first-order chi connectivity index (χ1) is 15.8. The number of carbonyl (C=O) groups is 3. The highest BCUT2D eigenvalue weighted by Crippen LogP contribution is 2.27. The molecule has 8 heteroatoms. The van der Waals surface area contributed by atoms with Crippen molar-refractivity contribution in [2.45, 2.75) is 51.2 Å². The minimum atomic E-state index is -0.583. The van der Waals surface area contributed by atoms with Gasteiger partial charge in [0.25, 0.3) is 5.91 Å². The maximum Gasteiger partial charge on any atom is 0.253 e. The molecule has 1 fully saturated rings. The first-order valence-electron chi connectivity index (χ1n) is 11.1. The van der Waals surface area contributed by atoms with Crippen LogP contribution < -0.4 is 10.6 Å². The number of benzene rings is 2. The Morgan fingerprint density at radius 3 is 2.52 bits per heavy atom. The Balaban J connectivity index is 1.36. The monoisotopic (exact) mass is 448 g/mol. The Labute approximate surface area is 192 Å². The van der Waals surface area contributed by atoms with Crippen LogP contribution in [-0.2, 0) is 9.59 Å². The van der Waals surface area contributed by atoms with Crippen molar-refractivity contribution in [1.82, 2.24) is 20.5 Å². The average Bonchev–Trinajstić information content (AvgIpc) is 3.45. The molecule has 172 valence electrons. The van der Waals surface area contributed by atoms with Crippen molar-refractivity contribution in [3.63, 3.8) is 0 Å². The fourth-order valence-electron chi connectivity index (χ4n) is 4.26.